The predicted octanol–water partition coefficient (Wildman–Crippen LogP) is 7.60. The van der Waals surface area contributed by atoms with Crippen molar-refractivity contribution in [3.05, 3.63) is 114 Å². The van der Waals surface area contributed by atoms with Crippen LogP contribution in [0.1, 0.15) is 11.1 Å². The molecule has 0 fully saturated rings. The topological polar surface area (TPSA) is 46.2 Å². The van der Waals surface area contributed by atoms with Crippen LogP contribution in [-0.2, 0) is 9.35 Å². The molecule has 6 heteroatoms. The molecule has 0 bridgehead atoms. The van der Waals surface area contributed by atoms with Gasteiger partial charge in [-0.15, -0.1) is 0 Å². The largest absolute Gasteiger partial charge is 0.476 e. The van der Waals surface area contributed by atoms with Crippen molar-refractivity contribution in [2.24, 2.45) is 0 Å². The minimum atomic E-state index is -2.05. The Morgan fingerprint density at radius 1 is 0.531 bits per heavy atom. The van der Waals surface area contributed by atoms with Crippen molar-refractivity contribution in [2.45, 2.75) is 13.8 Å². The van der Waals surface area contributed by atoms with Gasteiger partial charge in [0, 0.05) is 5.56 Å². The van der Waals surface area contributed by atoms with Crippen LogP contribution in [-0.4, -0.2) is 0 Å². The van der Waals surface area contributed by atoms with Crippen LogP contribution in [0.15, 0.2) is 103 Å². The van der Waals surface area contributed by atoms with Crippen LogP contribution in [0.25, 0.3) is 11.1 Å². The molecule has 0 aliphatic heterocycles. The van der Waals surface area contributed by atoms with Crippen molar-refractivity contribution in [2.75, 3.05) is 0 Å². The number of aryl methyl sites for hydroxylation is 2. The van der Waals surface area contributed by atoms with Crippen LogP contribution >= 0.6 is 8.60 Å². The highest BCUT2D eigenvalue weighted by atomic mass is 31.2. The Hall–Kier alpha value is -3.37. The summed E-state index contributed by atoms with van der Waals surface area (Å²) in [6.07, 6.45) is 0. The Kier molecular flexibility index (Phi) is 7.36. The summed E-state index contributed by atoms with van der Waals surface area (Å²) in [7, 11) is -2.05. The molecule has 0 radical (unpaired) electrons. The van der Waals surface area contributed by atoms with E-state index in [2.05, 4.69) is 0 Å². The molecule has 5 nitrogen and oxygen atoms in total. The molecule has 0 aromatic heterocycles. The standard InChI is InChI=1S/C26H23O5P/c1-20-12-16-23(17-13-20)27-30-32(31-28-24-18-14-21(2)15-19-24)29-26-11-7-6-10-25(26)22-8-4-3-5-9-22/h3-19H,1-2H3. The van der Waals surface area contributed by atoms with Crippen molar-refractivity contribution in [3.63, 3.8) is 0 Å². The fourth-order valence-electron chi connectivity index (χ4n) is 2.86. The van der Waals surface area contributed by atoms with E-state index >= 15 is 0 Å². The number of para-hydroxylation sites is 1. The van der Waals surface area contributed by atoms with E-state index in [1.807, 2.05) is 117 Å². The maximum absolute atomic E-state index is 6.06. The molecule has 0 amide bonds. The normalized spacial score (nSPS) is 10.7. The number of benzene rings is 4. The van der Waals surface area contributed by atoms with Crippen LogP contribution in [0.4, 0.5) is 0 Å². The fourth-order valence-corrected chi connectivity index (χ4v) is 3.56. The number of rotatable bonds is 9. The van der Waals surface area contributed by atoms with Gasteiger partial charge in [0.1, 0.15) is 5.75 Å². The van der Waals surface area contributed by atoms with Gasteiger partial charge in [-0.3, -0.25) is 0 Å². The Balaban J connectivity index is 1.51. The third-order valence-electron chi connectivity index (χ3n) is 4.58. The molecular formula is C26H23O5P. The summed E-state index contributed by atoms with van der Waals surface area (Å²) in [5.41, 5.74) is 4.15. The lowest BCUT2D eigenvalue weighted by Gasteiger charge is -2.17. The van der Waals surface area contributed by atoms with Crippen LogP contribution in [0.5, 0.6) is 17.2 Å². The van der Waals surface area contributed by atoms with E-state index in [1.165, 1.54) is 0 Å². The average Bonchev–Trinajstić information content (AvgIpc) is 2.84. The van der Waals surface area contributed by atoms with Crippen LogP contribution < -0.4 is 14.3 Å². The van der Waals surface area contributed by atoms with E-state index in [0.29, 0.717) is 17.2 Å². The molecule has 0 aliphatic rings. The number of hydrogen-bond donors (Lipinski definition) is 0. The second-order valence-electron chi connectivity index (χ2n) is 7.12. The summed E-state index contributed by atoms with van der Waals surface area (Å²) in [6.45, 7) is 4.00. The fraction of sp³-hybridized carbons (Fsp3) is 0.0769. The quantitative estimate of drug-likeness (QED) is 0.151. The smallest absolute Gasteiger partial charge is 0.422 e. The van der Waals surface area contributed by atoms with E-state index < -0.39 is 8.60 Å². The van der Waals surface area contributed by atoms with E-state index in [-0.39, 0.29) is 0 Å². The van der Waals surface area contributed by atoms with E-state index in [1.54, 1.807) is 0 Å². The molecule has 32 heavy (non-hydrogen) atoms. The summed E-state index contributed by atoms with van der Waals surface area (Å²) >= 11 is 0. The lowest BCUT2D eigenvalue weighted by atomic mass is 10.1. The molecular weight excluding hydrogens is 423 g/mol. The van der Waals surface area contributed by atoms with Crippen LogP contribution in [0, 0.1) is 13.8 Å². The Bertz CT molecular complexity index is 1070. The molecule has 162 valence electrons. The van der Waals surface area contributed by atoms with Gasteiger partial charge in [0.05, 0.1) is 0 Å². The molecule has 0 unspecified atom stereocenters. The van der Waals surface area contributed by atoms with Gasteiger partial charge < -0.3 is 14.3 Å². The first kappa shape index (κ1) is 21.8. The second-order valence-corrected chi connectivity index (χ2v) is 8.05. The highest BCUT2D eigenvalue weighted by Gasteiger charge is 2.22. The summed E-state index contributed by atoms with van der Waals surface area (Å²) in [5.74, 6) is 1.65. The SMILES string of the molecule is Cc1ccc(OOP(OOc2ccc(C)cc2)Oc2ccccc2-c2ccccc2)cc1. The monoisotopic (exact) mass is 446 g/mol. The minimum Gasteiger partial charge on any atom is -0.422 e. The number of hydrogen-bond acceptors (Lipinski definition) is 5. The first-order valence-electron chi connectivity index (χ1n) is 10.1. The Morgan fingerprint density at radius 2 is 1.03 bits per heavy atom. The van der Waals surface area contributed by atoms with Crippen molar-refractivity contribution >= 4 is 8.60 Å². The zero-order valence-electron chi connectivity index (χ0n) is 17.8. The van der Waals surface area contributed by atoms with Crippen molar-refractivity contribution in [1.29, 1.82) is 0 Å². The van der Waals surface area contributed by atoms with Gasteiger partial charge >= 0.3 is 8.60 Å². The summed E-state index contributed by atoms with van der Waals surface area (Å²) in [6, 6.07) is 32.5. The molecule has 0 aliphatic carbocycles. The zero-order chi connectivity index (χ0) is 22.2. The molecule has 0 saturated carbocycles. The Labute approximate surface area is 189 Å². The first-order valence-corrected chi connectivity index (χ1v) is 11.2. The highest BCUT2D eigenvalue weighted by molar-refractivity contribution is 7.41. The maximum Gasteiger partial charge on any atom is 0.476 e. The van der Waals surface area contributed by atoms with Crippen molar-refractivity contribution < 1.29 is 23.6 Å². The van der Waals surface area contributed by atoms with E-state index in [0.717, 1.165) is 22.3 Å². The van der Waals surface area contributed by atoms with Crippen LogP contribution in [0.3, 0.4) is 0 Å². The lowest BCUT2D eigenvalue weighted by molar-refractivity contribution is -0.169. The zero-order valence-corrected chi connectivity index (χ0v) is 18.7. The van der Waals surface area contributed by atoms with Gasteiger partial charge in [0.15, 0.2) is 11.5 Å². The molecule has 0 atom stereocenters. The Morgan fingerprint density at radius 3 is 1.59 bits per heavy atom. The van der Waals surface area contributed by atoms with E-state index in [9.17, 15) is 0 Å². The highest BCUT2D eigenvalue weighted by Crippen LogP contribution is 2.44. The maximum atomic E-state index is 6.06. The predicted molar refractivity (Wildman–Crippen MR) is 125 cm³/mol. The molecule has 4 rings (SSSR count). The van der Waals surface area contributed by atoms with Crippen molar-refractivity contribution in [3.8, 4) is 28.4 Å². The summed E-state index contributed by atoms with van der Waals surface area (Å²) < 4.78 is 17.1. The molecule has 0 spiro atoms. The van der Waals surface area contributed by atoms with Gasteiger partial charge in [0.25, 0.3) is 0 Å². The third-order valence-corrected chi connectivity index (χ3v) is 5.31. The van der Waals surface area contributed by atoms with Gasteiger partial charge in [-0.05, 0) is 49.7 Å². The molecule has 0 saturated heterocycles. The lowest BCUT2D eigenvalue weighted by Crippen LogP contribution is -2.04. The van der Waals surface area contributed by atoms with Gasteiger partial charge in [0.2, 0.25) is 0 Å². The molecule has 0 heterocycles. The van der Waals surface area contributed by atoms with Crippen molar-refractivity contribution in [1.82, 2.24) is 0 Å². The molecule has 4 aromatic rings. The first-order chi connectivity index (χ1) is 15.7. The molecule has 4 aromatic carbocycles. The second kappa shape index (κ2) is 10.8. The van der Waals surface area contributed by atoms with Crippen LogP contribution in [0.2, 0.25) is 0 Å². The van der Waals surface area contributed by atoms with Gasteiger partial charge in [-0.1, -0.05) is 93.3 Å². The van der Waals surface area contributed by atoms with Gasteiger partial charge in [-0.25, -0.2) is 0 Å². The summed E-state index contributed by atoms with van der Waals surface area (Å²) in [4.78, 5) is 10.9. The summed E-state index contributed by atoms with van der Waals surface area (Å²) in [5, 5.41) is 0. The van der Waals surface area contributed by atoms with Gasteiger partial charge in [-0.2, -0.15) is 0 Å². The molecule has 0 N–H and O–H groups in total. The minimum absolute atomic E-state index is 0.530. The average molecular weight is 446 g/mol. The third kappa shape index (κ3) is 6.08. The van der Waals surface area contributed by atoms with E-state index in [4.69, 9.17) is 23.6 Å².